The fourth-order valence-electron chi connectivity index (χ4n) is 3.68. The van der Waals surface area contributed by atoms with Crippen LogP contribution in [0.4, 0.5) is 0 Å². The topological polar surface area (TPSA) is 38.7 Å². The molecule has 0 aliphatic heterocycles. The molecule has 2 atom stereocenters. The molecular formula is C17H21NO2. The van der Waals surface area contributed by atoms with Gasteiger partial charge < -0.3 is 4.84 Å². The van der Waals surface area contributed by atoms with Crippen LogP contribution in [0.3, 0.4) is 0 Å². The summed E-state index contributed by atoms with van der Waals surface area (Å²) in [6.45, 7) is 6.86. The first kappa shape index (κ1) is 13.3. The maximum Gasteiger partial charge on any atom is 0.187 e. The highest BCUT2D eigenvalue weighted by Crippen LogP contribution is 2.62. The molecule has 0 unspecified atom stereocenters. The van der Waals surface area contributed by atoms with Gasteiger partial charge in [-0.25, -0.2) is 0 Å². The predicted molar refractivity (Wildman–Crippen MR) is 78.3 cm³/mol. The SMILES string of the molecule is CC1(C)[C@H]2CC[C@]1(C)C(=O)/C2=N/OCc1ccccc1. The van der Waals surface area contributed by atoms with Gasteiger partial charge in [0.2, 0.25) is 0 Å². The summed E-state index contributed by atoms with van der Waals surface area (Å²) in [7, 11) is 0. The van der Waals surface area contributed by atoms with Crippen molar-refractivity contribution < 1.29 is 9.63 Å². The standard InChI is InChI=1S/C17H21NO2/c1-16(2)13-9-10-17(16,3)15(19)14(13)18-20-11-12-7-5-4-6-8-12/h4-8,13H,9-11H2,1-3H3/b18-14+/t13-,17+/m0/s1. The monoisotopic (exact) mass is 271 g/mol. The smallest absolute Gasteiger partial charge is 0.187 e. The Kier molecular flexibility index (Phi) is 2.96. The Morgan fingerprint density at radius 2 is 1.95 bits per heavy atom. The number of benzene rings is 1. The summed E-state index contributed by atoms with van der Waals surface area (Å²) in [6, 6.07) is 9.90. The Hall–Kier alpha value is -1.64. The van der Waals surface area contributed by atoms with Gasteiger partial charge >= 0.3 is 0 Å². The predicted octanol–water partition coefficient (Wildman–Crippen LogP) is 3.58. The maximum absolute atomic E-state index is 12.5. The zero-order valence-corrected chi connectivity index (χ0v) is 12.3. The summed E-state index contributed by atoms with van der Waals surface area (Å²) >= 11 is 0. The number of Topliss-reactive ketones (excluding diaryl/α,β-unsaturated/α-hetero) is 1. The number of oxime groups is 1. The molecule has 2 bridgehead atoms. The Bertz CT molecular complexity index is 562. The molecule has 0 radical (unpaired) electrons. The first-order valence-electron chi connectivity index (χ1n) is 7.25. The zero-order valence-electron chi connectivity index (χ0n) is 12.3. The summed E-state index contributed by atoms with van der Waals surface area (Å²) in [5.74, 6) is 0.433. The van der Waals surface area contributed by atoms with Crippen LogP contribution < -0.4 is 0 Å². The molecule has 3 heteroatoms. The lowest BCUT2D eigenvalue weighted by molar-refractivity contribution is -0.123. The lowest BCUT2D eigenvalue weighted by atomic mass is 9.70. The van der Waals surface area contributed by atoms with Crippen molar-refractivity contribution >= 4 is 11.5 Å². The highest BCUT2D eigenvalue weighted by molar-refractivity contribution is 6.45. The molecule has 106 valence electrons. The second-order valence-corrected chi connectivity index (χ2v) is 6.71. The molecular weight excluding hydrogens is 250 g/mol. The number of carbonyl (C=O) groups is 1. The number of rotatable bonds is 3. The number of nitrogens with zero attached hydrogens (tertiary/aromatic N) is 1. The minimum absolute atomic E-state index is 0.000969. The summed E-state index contributed by atoms with van der Waals surface area (Å²) < 4.78 is 0. The summed E-state index contributed by atoms with van der Waals surface area (Å²) in [4.78, 5) is 18.0. The van der Waals surface area contributed by atoms with Crippen molar-refractivity contribution in [2.75, 3.05) is 0 Å². The van der Waals surface area contributed by atoms with Crippen molar-refractivity contribution in [3.8, 4) is 0 Å². The fourth-order valence-corrected chi connectivity index (χ4v) is 3.68. The van der Waals surface area contributed by atoms with Gasteiger partial charge in [-0.2, -0.15) is 0 Å². The molecule has 1 aromatic carbocycles. The van der Waals surface area contributed by atoms with E-state index in [-0.39, 0.29) is 22.5 Å². The van der Waals surface area contributed by atoms with Crippen LogP contribution in [0.25, 0.3) is 0 Å². The quantitative estimate of drug-likeness (QED) is 0.788. The molecule has 2 fully saturated rings. The van der Waals surface area contributed by atoms with Gasteiger partial charge in [0.15, 0.2) is 5.78 Å². The molecule has 1 aromatic rings. The zero-order chi connectivity index (χ0) is 14.4. The summed E-state index contributed by atoms with van der Waals surface area (Å²) in [5.41, 5.74) is 1.46. The van der Waals surface area contributed by atoms with Crippen LogP contribution in [0.15, 0.2) is 35.5 Å². The van der Waals surface area contributed by atoms with Gasteiger partial charge in [0, 0.05) is 11.3 Å². The molecule has 3 nitrogen and oxygen atoms in total. The fraction of sp³-hybridized carbons (Fsp3) is 0.529. The van der Waals surface area contributed by atoms with Crippen LogP contribution in [0.5, 0.6) is 0 Å². The van der Waals surface area contributed by atoms with Crippen molar-refractivity contribution in [3.63, 3.8) is 0 Å². The third kappa shape index (κ3) is 1.72. The van der Waals surface area contributed by atoms with Crippen LogP contribution in [0, 0.1) is 16.7 Å². The van der Waals surface area contributed by atoms with Gasteiger partial charge in [0.05, 0.1) is 0 Å². The van der Waals surface area contributed by atoms with Crippen LogP contribution in [-0.2, 0) is 16.2 Å². The van der Waals surface area contributed by atoms with Crippen LogP contribution in [-0.4, -0.2) is 11.5 Å². The first-order chi connectivity index (χ1) is 9.47. The molecule has 2 aliphatic carbocycles. The molecule has 2 aliphatic rings. The minimum atomic E-state index is -0.257. The van der Waals surface area contributed by atoms with E-state index in [1.54, 1.807) is 0 Å². The third-order valence-corrected chi connectivity index (χ3v) is 5.53. The summed E-state index contributed by atoms with van der Waals surface area (Å²) in [6.07, 6.45) is 2.02. The average Bonchev–Trinajstić information content (AvgIpc) is 2.74. The minimum Gasteiger partial charge on any atom is -0.391 e. The van der Waals surface area contributed by atoms with E-state index in [0.29, 0.717) is 12.3 Å². The summed E-state index contributed by atoms with van der Waals surface area (Å²) in [5, 5.41) is 4.19. The molecule has 2 saturated carbocycles. The Morgan fingerprint density at radius 1 is 1.25 bits per heavy atom. The normalized spacial score (nSPS) is 32.9. The van der Waals surface area contributed by atoms with E-state index in [4.69, 9.17) is 4.84 Å². The molecule has 0 spiro atoms. The van der Waals surface area contributed by atoms with E-state index in [1.165, 1.54) is 0 Å². The van der Waals surface area contributed by atoms with Gasteiger partial charge in [0.25, 0.3) is 0 Å². The van der Waals surface area contributed by atoms with E-state index in [0.717, 1.165) is 18.4 Å². The van der Waals surface area contributed by atoms with E-state index in [1.807, 2.05) is 30.3 Å². The highest BCUT2D eigenvalue weighted by Gasteiger charge is 2.65. The number of ketones is 1. The second kappa shape index (κ2) is 4.44. The van der Waals surface area contributed by atoms with Crippen LogP contribution in [0.2, 0.25) is 0 Å². The van der Waals surface area contributed by atoms with Crippen molar-refractivity contribution in [3.05, 3.63) is 35.9 Å². The number of hydrogen-bond donors (Lipinski definition) is 0. The molecule has 20 heavy (non-hydrogen) atoms. The molecule has 0 aromatic heterocycles. The van der Waals surface area contributed by atoms with Crippen molar-refractivity contribution in [1.29, 1.82) is 0 Å². The van der Waals surface area contributed by atoms with E-state index in [9.17, 15) is 4.79 Å². The lowest BCUT2D eigenvalue weighted by Crippen LogP contribution is -2.33. The average molecular weight is 271 g/mol. The maximum atomic E-state index is 12.5. The molecule has 0 N–H and O–H groups in total. The largest absolute Gasteiger partial charge is 0.391 e. The van der Waals surface area contributed by atoms with Crippen molar-refractivity contribution in [1.82, 2.24) is 0 Å². The van der Waals surface area contributed by atoms with Crippen LogP contribution >= 0.6 is 0 Å². The van der Waals surface area contributed by atoms with Gasteiger partial charge in [0.1, 0.15) is 12.3 Å². The van der Waals surface area contributed by atoms with Gasteiger partial charge in [-0.15, -0.1) is 0 Å². The second-order valence-electron chi connectivity index (χ2n) is 6.71. The van der Waals surface area contributed by atoms with Crippen LogP contribution in [0.1, 0.15) is 39.2 Å². The Labute approximate surface area is 120 Å². The van der Waals surface area contributed by atoms with Crippen molar-refractivity contribution in [2.45, 2.75) is 40.2 Å². The first-order valence-corrected chi connectivity index (χ1v) is 7.25. The van der Waals surface area contributed by atoms with E-state index in [2.05, 4.69) is 25.9 Å². The number of fused-ring (bicyclic) bond motifs is 2. The van der Waals surface area contributed by atoms with Gasteiger partial charge in [-0.1, -0.05) is 56.3 Å². The molecule has 0 heterocycles. The van der Waals surface area contributed by atoms with Gasteiger partial charge in [-0.3, -0.25) is 4.79 Å². The Balaban J connectivity index is 1.76. The van der Waals surface area contributed by atoms with Gasteiger partial charge in [-0.05, 0) is 23.8 Å². The Morgan fingerprint density at radius 3 is 2.55 bits per heavy atom. The molecule has 0 amide bonds. The number of carbonyl (C=O) groups excluding carboxylic acids is 1. The third-order valence-electron chi connectivity index (χ3n) is 5.53. The highest BCUT2D eigenvalue weighted by atomic mass is 16.6. The molecule has 0 saturated heterocycles. The lowest BCUT2D eigenvalue weighted by Gasteiger charge is -2.31. The van der Waals surface area contributed by atoms with Crippen molar-refractivity contribution in [2.24, 2.45) is 21.9 Å². The molecule has 3 rings (SSSR count). The number of hydrogen-bond acceptors (Lipinski definition) is 3. The van der Waals surface area contributed by atoms with E-state index >= 15 is 0 Å². The van der Waals surface area contributed by atoms with E-state index < -0.39 is 0 Å².